The van der Waals surface area contributed by atoms with E-state index in [2.05, 4.69) is 49.7 Å². The molecule has 2 rings (SSSR count). The fourth-order valence-corrected chi connectivity index (χ4v) is 4.43. The van der Waals surface area contributed by atoms with Gasteiger partial charge in [0.2, 0.25) is 0 Å². The van der Waals surface area contributed by atoms with E-state index in [9.17, 15) is 0 Å². The maximum Gasteiger partial charge on any atom is 0.0274 e. The Morgan fingerprint density at radius 3 is 2.55 bits per heavy atom. The summed E-state index contributed by atoms with van der Waals surface area (Å²) < 4.78 is 0. The fraction of sp³-hybridized carbons (Fsp3) is 1.00. The molecule has 3 unspecified atom stereocenters. The molecule has 1 heterocycles. The van der Waals surface area contributed by atoms with E-state index in [4.69, 9.17) is 0 Å². The first-order valence-corrected chi connectivity index (χ1v) is 8.71. The normalized spacial score (nSPS) is 36.1. The molecule has 20 heavy (non-hydrogen) atoms. The van der Waals surface area contributed by atoms with Gasteiger partial charge in [-0.25, -0.2) is 0 Å². The van der Waals surface area contributed by atoms with Crippen LogP contribution in [0.25, 0.3) is 0 Å². The van der Waals surface area contributed by atoms with Crippen LogP contribution in [0.1, 0.15) is 53.9 Å². The van der Waals surface area contributed by atoms with Crippen LogP contribution in [0, 0.1) is 5.41 Å². The molecule has 1 saturated carbocycles. The Kier molecular flexibility index (Phi) is 5.49. The van der Waals surface area contributed by atoms with Gasteiger partial charge in [-0.1, -0.05) is 34.1 Å². The van der Waals surface area contributed by atoms with Gasteiger partial charge in [-0.3, -0.25) is 9.80 Å². The van der Waals surface area contributed by atoms with E-state index in [0.29, 0.717) is 17.5 Å². The van der Waals surface area contributed by atoms with Crippen molar-refractivity contribution in [3.63, 3.8) is 0 Å². The van der Waals surface area contributed by atoms with Gasteiger partial charge in [0.25, 0.3) is 0 Å². The molecule has 118 valence electrons. The average molecular weight is 281 g/mol. The minimum Gasteiger partial charge on any atom is -0.312 e. The van der Waals surface area contributed by atoms with Crippen molar-refractivity contribution in [2.75, 3.05) is 32.7 Å². The molecule has 0 radical (unpaired) electrons. The van der Waals surface area contributed by atoms with Crippen LogP contribution >= 0.6 is 0 Å². The second kappa shape index (κ2) is 6.76. The Morgan fingerprint density at radius 2 is 1.95 bits per heavy atom. The zero-order valence-electron chi connectivity index (χ0n) is 14.3. The molecule has 1 aliphatic heterocycles. The summed E-state index contributed by atoms with van der Waals surface area (Å²) in [6.07, 6.45) is 4.13. The van der Waals surface area contributed by atoms with Crippen LogP contribution in [0.15, 0.2) is 0 Å². The second-order valence-corrected chi connectivity index (χ2v) is 7.46. The molecule has 0 spiro atoms. The summed E-state index contributed by atoms with van der Waals surface area (Å²) >= 11 is 0. The van der Waals surface area contributed by atoms with Crippen molar-refractivity contribution in [1.82, 2.24) is 15.1 Å². The van der Waals surface area contributed by atoms with E-state index in [0.717, 1.165) is 12.6 Å². The topological polar surface area (TPSA) is 18.5 Å². The van der Waals surface area contributed by atoms with Crippen LogP contribution in [-0.2, 0) is 0 Å². The number of nitrogens with one attached hydrogen (secondary N) is 1. The Hall–Kier alpha value is -0.120. The highest BCUT2D eigenvalue weighted by atomic mass is 15.3. The summed E-state index contributed by atoms with van der Waals surface area (Å²) in [6, 6.07) is 2.10. The Labute approximate surface area is 126 Å². The first kappa shape index (κ1) is 16.3. The molecule has 0 aromatic rings. The van der Waals surface area contributed by atoms with Gasteiger partial charge in [0.1, 0.15) is 0 Å². The van der Waals surface area contributed by atoms with Gasteiger partial charge in [-0.2, -0.15) is 0 Å². The lowest BCUT2D eigenvalue weighted by atomic mass is 9.70. The minimum atomic E-state index is 0.435. The highest BCUT2D eigenvalue weighted by Crippen LogP contribution is 2.38. The molecule has 1 N–H and O–H groups in total. The Bertz CT molecular complexity index is 303. The molecule has 3 nitrogen and oxygen atoms in total. The fourth-order valence-electron chi connectivity index (χ4n) is 4.43. The standard InChI is InChI=1S/C17H35N3/c1-6-18-16-15(9-8-10-17(16,4)5)20-12-11-19(7-2)14(3)13-20/h14-16,18H,6-13H2,1-5H3. The van der Waals surface area contributed by atoms with E-state index in [-0.39, 0.29) is 0 Å². The summed E-state index contributed by atoms with van der Waals surface area (Å²) in [6.45, 7) is 17.9. The van der Waals surface area contributed by atoms with E-state index >= 15 is 0 Å². The van der Waals surface area contributed by atoms with Gasteiger partial charge in [-0.15, -0.1) is 0 Å². The third-order valence-corrected chi connectivity index (χ3v) is 5.64. The van der Waals surface area contributed by atoms with Crippen molar-refractivity contribution >= 4 is 0 Å². The lowest BCUT2D eigenvalue weighted by Gasteiger charge is -2.51. The monoisotopic (exact) mass is 281 g/mol. The van der Waals surface area contributed by atoms with Crippen LogP contribution in [-0.4, -0.2) is 60.6 Å². The van der Waals surface area contributed by atoms with Crippen molar-refractivity contribution < 1.29 is 0 Å². The summed E-state index contributed by atoms with van der Waals surface area (Å²) in [5.74, 6) is 0. The maximum atomic E-state index is 3.81. The molecule has 0 amide bonds. The number of likely N-dealkylation sites (N-methyl/N-ethyl adjacent to an activating group) is 2. The molecule has 1 saturated heterocycles. The Morgan fingerprint density at radius 1 is 1.20 bits per heavy atom. The van der Waals surface area contributed by atoms with E-state index < -0.39 is 0 Å². The van der Waals surface area contributed by atoms with E-state index in [1.54, 1.807) is 0 Å². The zero-order chi connectivity index (χ0) is 14.8. The minimum absolute atomic E-state index is 0.435. The molecule has 1 aliphatic carbocycles. The van der Waals surface area contributed by atoms with Gasteiger partial charge in [0.15, 0.2) is 0 Å². The zero-order valence-corrected chi connectivity index (χ0v) is 14.3. The van der Waals surface area contributed by atoms with Gasteiger partial charge in [0.05, 0.1) is 0 Å². The molecule has 0 aromatic heterocycles. The summed E-state index contributed by atoms with van der Waals surface area (Å²) in [7, 11) is 0. The number of hydrogen-bond acceptors (Lipinski definition) is 3. The number of rotatable bonds is 4. The van der Waals surface area contributed by atoms with Gasteiger partial charge < -0.3 is 5.32 Å². The summed E-state index contributed by atoms with van der Waals surface area (Å²) in [4.78, 5) is 5.40. The molecule has 2 fully saturated rings. The molecule has 0 aromatic carbocycles. The lowest BCUT2D eigenvalue weighted by molar-refractivity contribution is 0.00111. The lowest BCUT2D eigenvalue weighted by Crippen LogP contribution is -2.63. The SMILES string of the molecule is CCNC1C(N2CCN(CC)C(C)C2)CCCC1(C)C. The van der Waals surface area contributed by atoms with Crippen molar-refractivity contribution in [3.05, 3.63) is 0 Å². The predicted molar refractivity (Wildman–Crippen MR) is 87.2 cm³/mol. The number of hydrogen-bond donors (Lipinski definition) is 1. The molecular formula is C17H35N3. The highest BCUT2D eigenvalue weighted by Gasteiger charge is 2.42. The van der Waals surface area contributed by atoms with Crippen LogP contribution in [0.4, 0.5) is 0 Å². The third-order valence-electron chi connectivity index (χ3n) is 5.64. The summed E-state index contributed by atoms with van der Waals surface area (Å²) in [5.41, 5.74) is 0.435. The van der Waals surface area contributed by atoms with Gasteiger partial charge in [0, 0.05) is 37.8 Å². The van der Waals surface area contributed by atoms with Crippen LogP contribution in [0.3, 0.4) is 0 Å². The van der Waals surface area contributed by atoms with Crippen LogP contribution in [0.2, 0.25) is 0 Å². The van der Waals surface area contributed by atoms with Crippen LogP contribution < -0.4 is 5.32 Å². The predicted octanol–water partition coefficient (Wildman–Crippen LogP) is 2.57. The van der Waals surface area contributed by atoms with E-state index in [1.165, 1.54) is 45.4 Å². The molecule has 0 bridgehead atoms. The second-order valence-electron chi connectivity index (χ2n) is 7.46. The van der Waals surface area contributed by atoms with E-state index in [1.807, 2.05) is 0 Å². The number of piperazine rings is 1. The van der Waals surface area contributed by atoms with Crippen molar-refractivity contribution in [1.29, 1.82) is 0 Å². The first-order chi connectivity index (χ1) is 9.49. The molecular weight excluding hydrogens is 246 g/mol. The maximum absolute atomic E-state index is 3.81. The Balaban J connectivity index is 2.06. The third kappa shape index (κ3) is 3.37. The smallest absolute Gasteiger partial charge is 0.0274 e. The largest absolute Gasteiger partial charge is 0.312 e. The molecule has 3 atom stereocenters. The van der Waals surface area contributed by atoms with Crippen molar-refractivity contribution in [3.8, 4) is 0 Å². The van der Waals surface area contributed by atoms with Gasteiger partial charge >= 0.3 is 0 Å². The van der Waals surface area contributed by atoms with Crippen molar-refractivity contribution in [2.45, 2.75) is 72.0 Å². The first-order valence-electron chi connectivity index (χ1n) is 8.71. The quantitative estimate of drug-likeness (QED) is 0.854. The average Bonchev–Trinajstić information content (AvgIpc) is 2.41. The van der Waals surface area contributed by atoms with Gasteiger partial charge in [-0.05, 0) is 38.3 Å². The van der Waals surface area contributed by atoms with Crippen LogP contribution in [0.5, 0.6) is 0 Å². The number of nitrogens with zero attached hydrogens (tertiary/aromatic N) is 2. The molecule has 2 aliphatic rings. The molecule has 3 heteroatoms. The highest BCUT2D eigenvalue weighted by molar-refractivity contribution is 4.99. The van der Waals surface area contributed by atoms with Crippen molar-refractivity contribution in [2.24, 2.45) is 5.41 Å². The summed E-state index contributed by atoms with van der Waals surface area (Å²) in [5, 5.41) is 3.81.